The molecule has 0 bridgehead atoms. The van der Waals surface area contributed by atoms with E-state index in [-0.39, 0.29) is 11.9 Å². The average molecular weight is 365 g/mol. The van der Waals surface area contributed by atoms with E-state index in [0.29, 0.717) is 32.7 Å². The SMILES string of the molecule is Cc1ccc(C)c(C(=O)N2CCN(C(=O)N(C)Cc3ccccc3)CC2)c1. The Hall–Kier alpha value is -2.82. The van der Waals surface area contributed by atoms with Crippen molar-refractivity contribution in [1.29, 1.82) is 0 Å². The van der Waals surface area contributed by atoms with Gasteiger partial charge in [0.1, 0.15) is 0 Å². The number of aryl methyl sites for hydroxylation is 2. The number of carbonyl (C=O) groups is 2. The fraction of sp³-hybridized carbons (Fsp3) is 0.364. The molecule has 2 aromatic carbocycles. The van der Waals surface area contributed by atoms with Crippen molar-refractivity contribution in [2.45, 2.75) is 20.4 Å². The molecule has 3 rings (SSSR count). The maximum atomic E-state index is 12.8. The number of urea groups is 1. The van der Waals surface area contributed by atoms with Gasteiger partial charge in [-0.2, -0.15) is 0 Å². The fourth-order valence-corrected chi connectivity index (χ4v) is 3.40. The molecule has 0 saturated carbocycles. The third kappa shape index (κ3) is 4.48. The normalized spacial score (nSPS) is 14.2. The summed E-state index contributed by atoms with van der Waals surface area (Å²) < 4.78 is 0. The van der Waals surface area contributed by atoms with Gasteiger partial charge in [-0.15, -0.1) is 0 Å². The fourth-order valence-electron chi connectivity index (χ4n) is 3.40. The van der Waals surface area contributed by atoms with Crippen molar-refractivity contribution >= 4 is 11.9 Å². The van der Waals surface area contributed by atoms with Crippen LogP contribution in [0.3, 0.4) is 0 Å². The molecule has 1 heterocycles. The number of amides is 3. The highest BCUT2D eigenvalue weighted by atomic mass is 16.2. The summed E-state index contributed by atoms with van der Waals surface area (Å²) in [4.78, 5) is 30.9. The maximum absolute atomic E-state index is 12.8. The minimum absolute atomic E-state index is 0.0117. The van der Waals surface area contributed by atoms with Crippen LogP contribution in [0.4, 0.5) is 4.79 Å². The summed E-state index contributed by atoms with van der Waals surface area (Å²) in [5, 5.41) is 0. The minimum Gasteiger partial charge on any atom is -0.335 e. The lowest BCUT2D eigenvalue weighted by atomic mass is 10.0. The van der Waals surface area contributed by atoms with Crippen LogP contribution in [0.2, 0.25) is 0 Å². The van der Waals surface area contributed by atoms with Gasteiger partial charge in [0.05, 0.1) is 0 Å². The van der Waals surface area contributed by atoms with Gasteiger partial charge < -0.3 is 14.7 Å². The van der Waals surface area contributed by atoms with Gasteiger partial charge in [-0.25, -0.2) is 4.79 Å². The average Bonchev–Trinajstić information content (AvgIpc) is 2.69. The van der Waals surface area contributed by atoms with Gasteiger partial charge in [0.15, 0.2) is 0 Å². The molecule has 0 spiro atoms. The third-order valence-corrected chi connectivity index (χ3v) is 5.05. The topological polar surface area (TPSA) is 43.9 Å². The number of benzene rings is 2. The van der Waals surface area contributed by atoms with E-state index in [0.717, 1.165) is 22.3 Å². The van der Waals surface area contributed by atoms with Crippen molar-refractivity contribution in [3.05, 3.63) is 70.8 Å². The maximum Gasteiger partial charge on any atom is 0.320 e. The number of hydrogen-bond acceptors (Lipinski definition) is 2. The zero-order valence-electron chi connectivity index (χ0n) is 16.3. The van der Waals surface area contributed by atoms with E-state index in [1.807, 2.05) is 79.2 Å². The molecule has 5 heteroatoms. The molecule has 142 valence electrons. The van der Waals surface area contributed by atoms with Crippen LogP contribution in [0, 0.1) is 13.8 Å². The molecule has 0 N–H and O–H groups in total. The summed E-state index contributed by atoms with van der Waals surface area (Å²) >= 11 is 0. The largest absolute Gasteiger partial charge is 0.335 e. The van der Waals surface area contributed by atoms with E-state index in [2.05, 4.69) is 0 Å². The second kappa shape index (κ2) is 8.25. The zero-order valence-corrected chi connectivity index (χ0v) is 16.3. The second-order valence-corrected chi connectivity index (χ2v) is 7.22. The van der Waals surface area contributed by atoms with Gasteiger partial charge in [-0.3, -0.25) is 4.79 Å². The molecule has 27 heavy (non-hydrogen) atoms. The van der Waals surface area contributed by atoms with E-state index in [9.17, 15) is 9.59 Å². The van der Waals surface area contributed by atoms with Gasteiger partial charge in [0.25, 0.3) is 5.91 Å². The molecule has 1 aliphatic rings. The standard InChI is InChI=1S/C22H27N3O2/c1-17-9-10-18(2)20(15-17)21(26)24-11-13-25(14-12-24)22(27)23(3)16-19-7-5-4-6-8-19/h4-10,15H,11-14,16H2,1-3H3. The monoisotopic (exact) mass is 365 g/mol. The van der Waals surface area contributed by atoms with E-state index < -0.39 is 0 Å². The third-order valence-electron chi connectivity index (χ3n) is 5.05. The molecule has 2 aromatic rings. The van der Waals surface area contributed by atoms with Gasteiger partial charge in [-0.1, -0.05) is 48.0 Å². The predicted octanol–water partition coefficient (Wildman–Crippen LogP) is 3.31. The van der Waals surface area contributed by atoms with Crippen molar-refractivity contribution in [3.8, 4) is 0 Å². The Morgan fingerprint density at radius 2 is 1.56 bits per heavy atom. The molecule has 0 unspecified atom stereocenters. The first-order valence-electron chi connectivity index (χ1n) is 9.36. The second-order valence-electron chi connectivity index (χ2n) is 7.22. The number of carbonyl (C=O) groups excluding carboxylic acids is 2. The molecule has 1 fully saturated rings. The molecule has 0 atom stereocenters. The Bertz CT molecular complexity index is 812. The van der Waals surface area contributed by atoms with Crippen LogP contribution in [0.25, 0.3) is 0 Å². The van der Waals surface area contributed by atoms with Crippen molar-refractivity contribution < 1.29 is 9.59 Å². The molecule has 1 saturated heterocycles. The van der Waals surface area contributed by atoms with Crippen molar-refractivity contribution in [2.24, 2.45) is 0 Å². The van der Waals surface area contributed by atoms with Crippen LogP contribution >= 0.6 is 0 Å². The van der Waals surface area contributed by atoms with Crippen LogP contribution in [-0.4, -0.2) is 59.9 Å². The van der Waals surface area contributed by atoms with Crippen LogP contribution in [0.5, 0.6) is 0 Å². The van der Waals surface area contributed by atoms with E-state index in [1.165, 1.54) is 0 Å². The van der Waals surface area contributed by atoms with Crippen molar-refractivity contribution in [2.75, 3.05) is 33.2 Å². The first-order chi connectivity index (χ1) is 13.0. The lowest BCUT2D eigenvalue weighted by molar-refractivity contribution is 0.0643. The van der Waals surface area contributed by atoms with E-state index in [4.69, 9.17) is 0 Å². The van der Waals surface area contributed by atoms with Crippen LogP contribution in [-0.2, 0) is 6.54 Å². The van der Waals surface area contributed by atoms with Gasteiger partial charge in [-0.05, 0) is 31.0 Å². The highest BCUT2D eigenvalue weighted by Gasteiger charge is 2.27. The van der Waals surface area contributed by atoms with E-state index >= 15 is 0 Å². The molecular formula is C22H27N3O2. The Balaban J connectivity index is 1.57. The van der Waals surface area contributed by atoms with Crippen LogP contribution in [0.15, 0.2) is 48.5 Å². The molecule has 0 aliphatic carbocycles. The van der Waals surface area contributed by atoms with Crippen molar-refractivity contribution in [3.63, 3.8) is 0 Å². The first kappa shape index (κ1) is 19.0. The Kier molecular flexibility index (Phi) is 5.79. The highest BCUT2D eigenvalue weighted by Crippen LogP contribution is 2.16. The molecule has 5 nitrogen and oxygen atoms in total. The van der Waals surface area contributed by atoms with Crippen LogP contribution < -0.4 is 0 Å². The minimum atomic E-state index is 0.0117. The zero-order chi connectivity index (χ0) is 19.4. The van der Waals surface area contributed by atoms with Gasteiger partial charge in [0.2, 0.25) is 0 Å². The Labute approximate surface area is 161 Å². The van der Waals surface area contributed by atoms with Crippen molar-refractivity contribution in [1.82, 2.24) is 14.7 Å². The number of rotatable bonds is 3. The lowest BCUT2D eigenvalue weighted by Gasteiger charge is -2.37. The Morgan fingerprint density at radius 1 is 0.926 bits per heavy atom. The molecule has 0 aromatic heterocycles. The highest BCUT2D eigenvalue weighted by molar-refractivity contribution is 5.96. The number of hydrogen-bond donors (Lipinski definition) is 0. The predicted molar refractivity (Wildman–Crippen MR) is 107 cm³/mol. The quantitative estimate of drug-likeness (QED) is 0.838. The first-order valence-corrected chi connectivity index (χ1v) is 9.36. The molecule has 0 radical (unpaired) electrons. The summed E-state index contributed by atoms with van der Waals surface area (Å²) in [6.45, 7) is 6.80. The molecule has 1 aliphatic heterocycles. The van der Waals surface area contributed by atoms with Crippen LogP contribution in [0.1, 0.15) is 27.0 Å². The summed E-state index contributed by atoms with van der Waals surface area (Å²) in [6, 6.07) is 15.9. The lowest BCUT2D eigenvalue weighted by Crippen LogP contribution is -2.53. The summed E-state index contributed by atoms with van der Waals surface area (Å²) in [5.74, 6) is 0.0564. The summed E-state index contributed by atoms with van der Waals surface area (Å²) in [6.07, 6.45) is 0. The summed E-state index contributed by atoms with van der Waals surface area (Å²) in [5.41, 5.74) is 3.94. The smallest absolute Gasteiger partial charge is 0.320 e. The molecular weight excluding hydrogens is 338 g/mol. The van der Waals surface area contributed by atoms with Gasteiger partial charge in [0, 0.05) is 45.3 Å². The Morgan fingerprint density at radius 3 is 2.22 bits per heavy atom. The number of nitrogens with zero attached hydrogens (tertiary/aromatic N) is 3. The summed E-state index contributed by atoms with van der Waals surface area (Å²) in [7, 11) is 1.82. The van der Waals surface area contributed by atoms with Gasteiger partial charge >= 0.3 is 6.03 Å². The van der Waals surface area contributed by atoms with E-state index in [1.54, 1.807) is 4.90 Å². The molecule has 3 amide bonds. The number of piperazine rings is 1.